The number of hydrogen-bond donors (Lipinski definition) is 1. The second-order valence-electron chi connectivity index (χ2n) is 6.49. The topological polar surface area (TPSA) is 92.3 Å². The third kappa shape index (κ3) is 3.16. The number of nitrogens with zero attached hydrogens (tertiary/aromatic N) is 3. The molecule has 1 aromatic heterocycles. The van der Waals surface area contributed by atoms with Gasteiger partial charge in [-0.3, -0.25) is 24.3 Å². The number of imide groups is 1. The van der Waals surface area contributed by atoms with Crippen LogP contribution in [0.2, 0.25) is 0 Å². The van der Waals surface area contributed by atoms with E-state index < -0.39 is 0 Å². The molecule has 1 aromatic carbocycles. The van der Waals surface area contributed by atoms with E-state index in [1.165, 1.54) is 11.1 Å². The van der Waals surface area contributed by atoms with Gasteiger partial charge >= 0.3 is 0 Å². The Morgan fingerprint density at radius 2 is 1.92 bits per heavy atom. The molecule has 2 aromatic rings. The molecule has 2 fully saturated rings. The lowest BCUT2D eigenvalue weighted by Gasteiger charge is -2.36. The van der Waals surface area contributed by atoms with E-state index in [-0.39, 0.29) is 40.6 Å². The first-order chi connectivity index (χ1) is 12.6. The standard InChI is InChI=1S/C18H18N4O3S/c23-16-10-26-18(25)22(16)15-8-4-3-7-13(15)21-17(24)14-9-19-11-5-1-2-6-12(11)20-14/h1-2,5-6,9,13,15H,3-4,7-8,10H2,(H,21,24). The molecule has 0 bridgehead atoms. The summed E-state index contributed by atoms with van der Waals surface area (Å²) in [7, 11) is 0. The van der Waals surface area contributed by atoms with Crippen LogP contribution in [0.15, 0.2) is 30.5 Å². The maximum atomic E-state index is 12.7. The molecule has 7 nitrogen and oxygen atoms in total. The number of carbonyl (C=O) groups is 3. The smallest absolute Gasteiger partial charge is 0.289 e. The number of thioether (sulfide) groups is 1. The van der Waals surface area contributed by atoms with Gasteiger partial charge in [-0.25, -0.2) is 4.98 Å². The predicted molar refractivity (Wildman–Crippen MR) is 97.7 cm³/mol. The SMILES string of the molecule is O=C(NC1CCCCC1N1C(=O)CSC1=O)c1cnc2ccccc2n1. The number of hydrogen-bond acceptors (Lipinski definition) is 6. The first kappa shape index (κ1) is 17.0. The zero-order chi connectivity index (χ0) is 18.1. The van der Waals surface area contributed by atoms with Crippen molar-refractivity contribution < 1.29 is 14.4 Å². The van der Waals surface area contributed by atoms with Gasteiger partial charge in [-0.2, -0.15) is 0 Å². The maximum absolute atomic E-state index is 12.7. The van der Waals surface area contributed by atoms with Gasteiger partial charge in [-0.15, -0.1) is 0 Å². The van der Waals surface area contributed by atoms with Crippen LogP contribution in [-0.2, 0) is 4.79 Å². The Labute approximate surface area is 154 Å². The molecule has 0 spiro atoms. The molecule has 1 aliphatic carbocycles. The van der Waals surface area contributed by atoms with E-state index in [1.54, 1.807) is 6.07 Å². The van der Waals surface area contributed by atoms with E-state index in [1.807, 2.05) is 18.2 Å². The number of rotatable bonds is 3. The minimum atomic E-state index is -0.327. The third-order valence-electron chi connectivity index (χ3n) is 4.84. The van der Waals surface area contributed by atoms with Crippen molar-refractivity contribution in [3.63, 3.8) is 0 Å². The zero-order valence-electron chi connectivity index (χ0n) is 14.1. The molecule has 26 heavy (non-hydrogen) atoms. The summed E-state index contributed by atoms with van der Waals surface area (Å²) in [5, 5.41) is 2.76. The van der Waals surface area contributed by atoms with E-state index in [9.17, 15) is 14.4 Å². The molecule has 8 heteroatoms. The van der Waals surface area contributed by atoms with Crippen LogP contribution in [0.5, 0.6) is 0 Å². The fourth-order valence-electron chi connectivity index (χ4n) is 3.58. The highest BCUT2D eigenvalue weighted by molar-refractivity contribution is 8.14. The minimum Gasteiger partial charge on any atom is -0.346 e. The average Bonchev–Trinajstić information content (AvgIpc) is 3.00. The lowest BCUT2D eigenvalue weighted by Crippen LogP contribution is -2.54. The van der Waals surface area contributed by atoms with Crippen LogP contribution < -0.4 is 5.32 Å². The summed E-state index contributed by atoms with van der Waals surface area (Å²) in [4.78, 5) is 46.8. The molecule has 2 unspecified atom stereocenters. The molecule has 2 atom stereocenters. The zero-order valence-corrected chi connectivity index (χ0v) is 14.9. The van der Waals surface area contributed by atoms with Gasteiger partial charge in [0, 0.05) is 0 Å². The summed E-state index contributed by atoms with van der Waals surface area (Å²) in [6.45, 7) is 0. The number of carbonyl (C=O) groups excluding carboxylic acids is 3. The van der Waals surface area contributed by atoms with Crippen molar-refractivity contribution in [1.29, 1.82) is 0 Å². The Morgan fingerprint density at radius 1 is 1.15 bits per heavy atom. The molecular weight excluding hydrogens is 352 g/mol. The van der Waals surface area contributed by atoms with Crippen molar-refractivity contribution in [2.75, 3.05) is 5.75 Å². The average molecular weight is 370 g/mol. The van der Waals surface area contributed by atoms with Gasteiger partial charge in [0.15, 0.2) is 0 Å². The second kappa shape index (κ2) is 7.03. The molecule has 134 valence electrons. The fourth-order valence-corrected chi connectivity index (χ4v) is 4.34. The second-order valence-corrected chi connectivity index (χ2v) is 7.42. The van der Waals surface area contributed by atoms with Gasteiger partial charge in [0.2, 0.25) is 5.91 Å². The van der Waals surface area contributed by atoms with Crippen molar-refractivity contribution in [2.45, 2.75) is 37.8 Å². The minimum absolute atomic E-state index is 0.170. The summed E-state index contributed by atoms with van der Waals surface area (Å²) < 4.78 is 0. The van der Waals surface area contributed by atoms with Crippen LogP contribution in [0.4, 0.5) is 4.79 Å². The number of fused-ring (bicyclic) bond motifs is 1. The van der Waals surface area contributed by atoms with Crippen molar-refractivity contribution in [2.24, 2.45) is 0 Å². The number of aromatic nitrogens is 2. The molecule has 2 heterocycles. The van der Waals surface area contributed by atoms with Crippen LogP contribution in [0.3, 0.4) is 0 Å². The molecular formula is C18H18N4O3S. The van der Waals surface area contributed by atoms with Crippen LogP contribution in [0, 0.1) is 0 Å². The fraction of sp³-hybridized carbons (Fsp3) is 0.389. The van der Waals surface area contributed by atoms with E-state index in [0.717, 1.165) is 36.5 Å². The summed E-state index contributed by atoms with van der Waals surface area (Å²) in [6, 6.07) is 6.82. The van der Waals surface area contributed by atoms with Gasteiger partial charge in [0.1, 0.15) is 5.69 Å². The number of benzene rings is 1. The molecule has 2 aliphatic rings. The third-order valence-corrected chi connectivity index (χ3v) is 5.68. The van der Waals surface area contributed by atoms with Gasteiger partial charge in [-0.1, -0.05) is 36.7 Å². The Bertz CT molecular complexity index is 872. The van der Waals surface area contributed by atoms with Crippen molar-refractivity contribution in [3.8, 4) is 0 Å². The molecule has 3 amide bonds. The molecule has 1 saturated heterocycles. The molecule has 1 N–H and O–H groups in total. The number of para-hydroxylation sites is 2. The number of nitrogens with one attached hydrogen (secondary N) is 1. The lowest BCUT2D eigenvalue weighted by atomic mass is 9.89. The number of amides is 3. The van der Waals surface area contributed by atoms with Gasteiger partial charge < -0.3 is 5.32 Å². The van der Waals surface area contributed by atoms with Gasteiger partial charge in [0.05, 0.1) is 35.1 Å². The summed E-state index contributed by atoms with van der Waals surface area (Å²) in [5.74, 6) is -0.310. The highest BCUT2D eigenvalue weighted by Gasteiger charge is 2.41. The predicted octanol–water partition coefficient (Wildman–Crippen LogP) is 2.37. The summed E-state index contributed by atoms with van der Waals surface area (Å²) in [5.41, 5.74) is 1.62. The Hall–Kier alpha value is -2.48. The molecule has 1 saturated carbocycles. The molecule has 0 radical (unpaired) electrons. The van der Waals surface area contributed by atoms with Crippen LogP contribution >= 0.6 is 11.8 Å². The summed E-state index contributed by atoms with van der Waals surface area (Å²) >= 11 is 1.03. The van der Waals surface area contributed by atoms with Crippen LogP contribution in [-0.4, -0.2) is 49.8 Å². The van der Waals surface area contributed by atoms with E-state index >= 15 is 0 Å². The largest absolute Gasteiger partial charge is 0.346 e. The monoisotopic (exact) mass is 370 g/mol. The maximum Gasteiger partial charge on any atom is 0.289 e. The first-order valence-electron chi connectivity index (χ1n) is 8.65. The normalized spacial score (nSPS) is 23.5. The summed E-state index contributed by atoms with van der Waals surface area (Å²) in [6.07, 6.45) is 4.80. The van der Waals surface area contributed by atoms with Gasteiger partial charge in [0.25, 0.3) is 11.1 Å². The van der Waals surface area contributed by atoms with Crippen molar-refractivity contribution in [3.05, 3.63) is 36.2 Å². The Balaban J connectivity index is 1.54. The van der Waals surface area contributed by atoms with Crippen molar-refractivity contribution in [1.82, 2.24) is 20.2 Å². The van der Waals surface area contributed by atoms with E-state index in [0.29, 0.717) is 11.9 Å². The highest BCUT2D eigenvalue weighted by Crippen LogP contribution is 2.30. The Kier molecular flexibility index (Phi) is 4.58. The van der Waals surface area contributed by atoms with Gasteiger partial charge in [-0.05, 0) is 25.0 Å². The Morgan fingerprint density at radius 3 is 2.69 bits per heavy atom. The highest BCUT2D eigenvalue weighted by atomic mass is 32.2. The molecule has 4 rings (SSSR count). The van der Waals surface area contributed by atoms with E-state index in [4.69, 9.17) is 0 Å². The lowest BCUT2D eigenvalue weighted by molar-refractivity contribution is -0.127. The quantitative estimate of drug-likeness (QED) is 0.892. The van der Waals surface area contributed by atoms with Crippen LogP contribution in [0.25, 0.3) is 11.0 Å². The first-order valence-corrected chi connectivity index (χ1v) is 9.63. The van der Waals surface area contributed by atoms with E-state index in [2.05, 4.69) is 15.3 Å². The van der Waals surface area contributed by atoms with Crippen molar-refractivity contribution >= 4 is 39.8 Å². The van der Waals surface area contributed by atoms with Crippen LogP contribution in [0.1, 0.15) is 36.2 Å². The molecule has 1 aliphatic heterocycles.